The van der Waals surface area contributed by atoms with Crippen LogP contribution in [0.2, 0.25) is 0 Å². The Morgan fingerprint density at radius 3 is 1.85 bits per heavy atom. The maximum absolute atomic E-state index is 11.3. The van der Waals surface area contributed by atoms with Gasteiger partial charge in [-0.15, -0.1) is 0 Å². The number of hydrogen-bond acceptors (Lipinski definition) is 3. The fourth-order valence-corrected chi connectivity index (χ4v) is 4.43. The smallest absolute Gasteiger partial charge is 0.264 e. The molecule has 0 aromatic heterocycles. The van der Waals surface area contributed by atoms with Gasteiger partial charge in [-0.05, 0) is 25.8 Å². The van der Waals surface area contributed by atoms with E-state index in [1.807, 2.05) is 30.3 Å². The first kappa shape index (κ1) is 24.1. The summed E-state index contributed by atoms with van der Waals surface area (Å²) in [5.41, 5.74) is 0.0517. The van der Waals surface area contributed by atoms with E-state index in [1.54, 1.807) is 13.8 Å². The lowest BCUT2D eigenvalue weighted by Crippen LogP contribution is -2.35. The van der Waals surface area contributed by atoms with E-state index in [1.165, 1.54) is 51.4 Å². The van der Waals surface area contributed by atoms with Crippen molar-refractivity contribution in [1.82, 2.24) is 0 Å². The molecule has 0 saturated heterocycles. The minimum Gasteiger partial charge on any atom is -0.264 e. The Balaban J connectivity index is 2.45. The van der Waals surface area contributed by atoms with Crippen LogP contribution in [0, 0.1) is 0 Å². The number of hydrogen-bond donors (Lipinski definition) is 1. The van der Waals surface area contributed by atoms with Crippen molar-refractivity contribution >= 4 is 10.4 Å². The second-order valence-electron chi connectivity index (χ2n) is 8.05. The van der Waals surface area contributed by atoms with Gasteiger partial charge in [0.2, 0.25) is 0 Å². The largest absolute Gasteiger partial charge is 0.397 e. The molecule has 0 saturated carbocycles. The second-order valence-corrected chi connectivity index (χ2v) is 9.07. The molecule has 27 heavy (non-hydrogen) atoms. The van der Waals surface area contributed by atoms with Crippen LogP contribution >= 0.6 is 0 Å². The van der Waals surface area contributed by atoms with Gasteiger partial charge in [0.25, 0.3) is 0 Å². The third-order valence-electron chi connectivity index (χ3n) is 5.21. The van der Waals surface area contributed by atoms with Crippen molar-refractivity contribution in [2.24, 2.45) is 0 Å². The van der Waals surface area contributed by atoms with Crippen LogP contribution in [0.4, 0.5) is 0 Å². The Morgan fingerprint density at radius 1 is 0.889 bits per heavy atom. The zero-order valence-electron chi connectivity index (χ0n) is 17.3. The molecule has 0 aliphatic heterocycles. The quantitative estimate of drug-likeness (QED) is 0.264. The van der Waals surface area contributed by atoms with Gasteiger partial charge in [0, 0.05) is 5.92 Å². The standard InChI is InChI=1S/C22H38O4S/c1-4-5-6-7-8-9-10-11-12-16-19-21(20-17-14-13-15-18-20)22(2,3)26-27(23,24)25/h13-15,17-18,21H,4-12,16,19H2,1-3H3,(H,23,24,25). The summed E-state index contributed by atoms with van der Waals surface area (Å²) in [6, 6.07) is 9.83. The first-order valence-electron chi connectivity index (χ1n) is 10.5. The summed E-state index contributed by atoms with van der Waals surface area (Å²) in [7, 11) is -4.49. The van der Waals surface area contributed by atoms with E-state index in [4.69, 9.17) is 8.74 Å². The maximum Gasteiger partial charge on any atom is 0.397 e. The maximum atomic E-state index is 11.3. The van der Waals surface area contributed by atoms with Crippen molar-refractivity contribution in [3.63, 3.8) is 0 Å². The monoisotopic (exact) mass is 398 g/mol. The fraction of sp³-hybridized carbons (Fsp3) is 0.727. The molecule has 0 aliphatic carbocycles. The Hall–Kier alpha value is -0.910. The summed E-state index contributed by atoms with van der Waals surface area (Å²) in [6.45, 7) is 5.70. The van der Waals surface area contributed by atoms with E-state index in [0.29, 0.717) is 0 Å². The summed E-state index contributed by atoms with van der Waals surface area (Å²) < 4.78 is 36.7. The van der Waals surface area contributed by atoms with Gasteiger partial charge in [0.15, 0.2) is 0 Å². The van der Waals surface area contributed by atoms with Crippen LogP contribution in [0.5, 0.6) is 0 Å². The highest BCUT2D eigenvalue weighted by atomic mass is 32.3. The summed E-state index contributed by atoms with van der Waals surface area (Å²) in [6.07, 6.45) is 13.5. The lowest BCUT2D eigenvalue weighted by molar-refractivity contribution is 0.0661. The van der Waals surface area contributed by atoms with E-state index in [9.17, 15) is 8.42 Å². The van der Waals surface area contributed by atoms with Crippen LogP contribution in [-0.2, 0) is 14.6 Å². The summed E-state index contributed by atoms with van der Waals surface area (Å²) in [5.74, 6) is -0.0883. The van der Waals surface area contributed by atoms with Gasteiger partial charge in [0.1, 0.15) is 0 Å². The number of rotatable bonds is 15. The molecule has 0 aliphatic rings. The second kappa shape index (κ2) is 12.5. The molecule has 0 radical (unpaired) electrons. The molecule has 0 bridgehead atoms. The third kappa shape index (κ3) is 10.9. The molecule has 0 amide bonds. The SMILES string of the molecule is CCCCCCCCCCCCC(c1ccccc1)C(C)(C)OS(=O)(=O)O. The van der Waals surface area contributed by atoms with Crippen molar-refractivity contribution < 1.29 is 17.2 Å². The lowest BCUT2D eigenvalue weighted by atomic mass is 9.81. The van der Waals surface area contributed by atoms with Gasteiger partial charge in [-0.2, -0.15) is 8.42 Å². The molecule has 5 heteroatoms. The van der Waals surface area contributed by atoms with E-state index in [-0.39, 0.29) is 5.92 Å². The molecular formula is C22H38O4S. The average Bonchev–Trinajstić information content (AvgIpc) is 2.58. The highest BCUT2D eigenvalue weighted by Gasteiger charge is 2.35. The molecule has 4 nitrogen and oxygen atoms in total. The molecule has 0 heterocycles. The molecule has 1 aromatic rings. The van der Waals surface area contributed by atoms with Gasteiger partial charge in [-0.3, -0.25) is 4.55 Å². The minimum atomic E-state index is -4.49. The Kier molecular flexibility index (Phi) is 11.2. The lowest BCUT2D eigenvalue weighted by Gasteiger charge is -2.33. The number of unbranched alkanes of at least 4 members (excludes halogenated alkanes) is 9. The highest BCUT2D eigenvalue weighted by Crippen LogP contribution is 2.36. The molecule has 0 spiro atoms. The van der Waals surface area contributed by atoms with E-state index in [0.717, 1.165) is 24.8 Å². The van der Waals surface area contributed by atoms with Crippen LogP contribution < -0.4 is 0 Å². The third-order valence-corrected chi connectivity index (χ3v) is 5.85. The van der Waals surface area contributed by atoms with Gasteiger partial charge >= 0.3 is 10.4 Å². The molecule has 1 aromatic carbocycles. The van der Waals surface area contributed by atoms with E-state index in [2.05, 4.69) is 6.92 Å². The average molecular weight is 399 g/mol. The minimum absolute atomic E-state index is 0.0883. The fourth-order valence-electron chi connectivity index (χ4n) is 3.77. The Bertz CT molecular complexity index is 596. The van der Waals surface area contributed by atoms with Crippen molar-refractivity contribution in [3.05, 3.63) is 35.9 Å². The summed E-state index contributed by atoms with van der Waals surface area (Å²) in [5, 5.41) is 0. The predicted octanol–water partition coefficient (Wildman–Crippen LogP) is 6.68. The zero-order chi connectivity index (χ0) is 20.2. The van der Waals surface area contributed by atoms with Crippen LogP contribution in [0.15, 0.2) is 30.3 Å². The van der Waals surface area contributed by atoms with Crippen LogP contribution in [0.25, 0.3) is 0 Å². The van der Waals surface area contributed by atoms with Crippen LogP contribution in [-0.4, -0.2) is 18.6 Å². The van der Waals surface area contributed by atoms with Crippen LogP contribution in [0.1, 0.15) is 103 Å². The van der Waals surface area contributed by atoms with Crippen molar-refractivity contribution in [2.45, 2.75) is 103 Å². The van der Waals surface area contributed by atoms with Gasteiger partial charge in [-0.25, -0.2) is 4.18 Å². The topological polar surface area (TPSA) is 63.6 Å². The molecule has 1 unspecified atom stereocenters. The first-order chi connectivity index (χ1) is 12.8. The summed E-state index contributed by atoms with van der Waals surface area (Å²) >= 11 is 0. The predicted molar refractivity (Wildman–Crippen MR) is 112 cm³/mol. The molecule has 1 rings (SSSR count). The molecular weight excluding hydrogens is 360 g/mol. The Labute approximate surface area is 166 Å². The first-order valence-corrected chi connectivity index (χ1v) is 11.9. The van der Waals surface area contributed by atoms with Crippen molar-refractivity contribution in [1.29, 1.82) is 0 Å². The van der Waals surface area contributed by atoms with Gasteiger partial charge in [-0.1, -0.05) is 101 Å². The highest BCUT2D eigenvalue weighted by molar-refractivity contribution is 7.80. The molecule has 156 valence electrons. The van der Waals surface area contributed by atoms with Crippen molar-refractivity contribution in [2.75, 3.05) is 0 Å². The molecule has 1 N–H and O–H groups in total. The van der Waals surface area contributed by atoms with Gasteiger partial charge in [0.05, 0.1) is 5.60 Å². The van der Waals surface area contributed by atoms with E-state index >= 15 is 0 Å². The van der Waals surface area contributed by atoms with Crippen LogP contribution in [0.3, 0.4) is 0 Å². The zero-order valence-corrected chi connectivity index (χ0v) is 18.1. The van der Waals surface area contributed by atoms with Gasteiger partial charge < -0.3 is 0 Å². The van der Waals surface area contributed by atoms with E-state index < -0.39 is 16.0 Å². The Morgan fingerprint density at radius 2 is 1.37 bits per heavy atom. The molecule has 1 atom stereocenters. The van der Waals surface area contributed by atoms with Crippen molar-refractivity contribution in [3.8, 4) is 0 Å². The summed E-state index contributed by atoms with van der Waals surface area (Å²) in [4.78, 5) is 0. The molecule has 0 fully saturated rings. The number of benzene rings is 1. The normalized spacial score (nSPS) is 13.6.